The second-order valence-corrected chi connectivity index (χ2v) is 8.01. The number of oxazole rings is 1. The van der Waals surface area contributed by atoms with E-state index in [1.54, 1.807) is 18.2 Å². The molecule has 4 rings (SSSR count). The van der Waals surface area contributed by atoms with E-state index >= 15 is 0 Å². The summed E-state index contributed by atoms with van der Waals surface area (Å²) >= 11 is 17.1. The Hall–Kier alpha value is -3.13. The summed E-state index contributed by atoms with van der Waals surface area (Å²) in [6.45, 7) is 1.96. The minimum absolute atomic E-state index is 0.0329. The first-order chi connectivity index (χ1) is 14.8. The first-order valence-electron chi connectivity index (χ1n) is 9.08. The number of aromatic hydroxyl groups is 1. The number of aromatic nitrogens is 1. The summed E-state index contributed by atoms with van der Waals surface area (Å²) in [7, 11) is 0. The lowest BCUT2D eigenvalue weighted by Gasteiger charge is -2.11. The van der Waals surface area contributed by atoms with Gasteiger partial charge in [-0.1, -0.05) is 29.3 Å². The molecule has 0 aliphatic carbocycles. The van der Waals surface area contributed by atoms with Crippen LogP contribution >= 0.6 is 35.4 Å². The van der Waals surface area contributed by atoms with Gasteiger partial charge in [-0.25, -0.2) is 4.98 Å². The van der Waals surface area contributed by atoms with E-state index in [-0.39, 0.29) is 21.4 Å². The van der Waals surface area contributed by atoms with Gasteiger partial charge in [0.05, 0.1) is 16.1 Å². The van der Waals surface area contributed by atoms with Gasteiger partial charge in [0.1, 0.15) is 11.3 Å². The number of hydrogen-bond acceptors (Lipinski definition) is 5. The van der Waals surface area contributed by atoms with Gasteiger partial charge in [-0.2, -0.15) is 0 Å². The molecule has 0 aliphatic rings. The number of amides is 1. The number of carbonyl (C=O) groups is 1. The molecule has 0 saturated carbocycles. The zero-order valence-corrected chi connectivity index (χ0v) is 18.4. The molecule has 3 N–H and O–H groups in total. The predicted octanol–water partition coefficient (Wildman–Crippen LogP) is 5.94. The smallest absolute Gasteiger partial charge is 0.258 e. The van der Waals surface area contributed by atoms with Gasteiger partial charge < -0.3 is 14.8 Å². The standard InChI is InChI=1S/C22H15Cl2N3O3S/c1-11-2-7-17-19(8-11)30-21(26-17)14-5-4-13(10-18(14)28)25-22(31)27-20(29)15-9-12(23)3-6-16(15)24/h2-10,28H,1H3,(H2,25,27,29,31). The lowest BCUT2D eigenvalue weighted by molar-refractivity contribution is 0.0978. The van der Waals surface area contributed by atoms with Crippen LogP contribution in [0.25, 0.3) is 22.6 Å². The summed E-state index contributed by atoms with van der Waals surface area (Å²) in [5.41, 5.74) is 3.48. The number of carbonyl (C=O) groups excluding carboxylic acids is 1. The number of thiocarbonyl (C=S) groups is 1. The molecule has 0 aliphatic heterocycles. The van der Waals surface area contributed by atoms with Crippen molar-refractivity contribution in [1.29, 1.82) is 0 Å². The second-order valence-electron chi connectivity index (χ2n) is 6.75. The van der Waals surface area contributed by atoms with Crippen molar-refractivity contribution in [2.45, 2.75) is 6.92 Å². The zero-order valence-electron chi connectivity index (χ0n) is 16.1. The lowest BCUT2D eigenvalue weighted by atomic mass is 10.2. The molecule has 31 heavy (non-hydrogen) atoms. The molecule has 0 saturated heterocycles. The van der Waals surface area contributed by atoms with Crippen LogP contribution in [0.3, 0.4) is 0 Å². The number of benzene rings is 3. The third kappa shape index (κ3) is 4.64. The van der Waals surface area contributed by atoms with Crippen LogP contribution in [0.15, 0.2) is 59.0 Å². The van der Waals surface area contributed by atoms with Crippen molar-refractivity contribution in [1.82, 2.24) is 10.3 Å². The summed E-state index contributed by atoms with van der Waals surface area (Å²) in [6.07, 6.45) is 0. The fraction of sp³-hybridized carbons (Fsp3) is 0.0455. The largest absolute Gasteiger partial charge is 0.507 e. The normalized spacial score (nSPS) is 10.8. The molecule has 0 spiro atoms. The van der Waals surface area contributed by atoms with Crippen molar-refractivity contribution in [3.63, 3.8) is 0 Å². The maximum Gasteiger partial charge on any atom is 0.258 e. The number of hydrogen-bond donors (Lipinski definition) is 3. The highest BCUT2D eigenvalue weighted by molar-refractivity contribution is 7.80. The molecule has 0 fully saturated rings. The van der Waals surface area contributed by atoms with Crippen LogP contribution in [-0.4, -0.2) is 21.1 Å². The summed E-state index contributed by atoms with van der Waals surface area (Å²) in [5, 5.41) is 16.5. The molecule has 6 nitrogen and oxygen atoms in total. The van der Waals surface area contributed by atoms with Gasteiger partial charge in [0.2, 0.25) is 5.89 Å². The van der Waals surface area contributed by atoms with Gasteiger partial charge in [0, 0.05) is 16.8 Å². The molecule has 3 aromatic carbocycles. The highest BCUT2D eigenvalue weighted by Gasteiger charge is 2.15. The third-order valence-electron chi connectivity index (χ3n) is 4.43. The Kier molecular flexibility index (Phi) is 5.82. The zero-order chi connectivity index (χ0) is 22.1. The minimum Gasteiger partial charge on any atom is -0.507 e. The number of halogens is 2. The molecule has 1 aromatic heterocycles. The average molecular weight is 472 g/mol. The Morgan fingerprint density at radius 2 is 1.90 bits per heavy atom. The van der Waals surface area contributed by atoms with E-state index in [0.717, 1.165) is 5.56 Å². The lowest BCUT2D eigenvalue weighted by Crippen LogP contribution is -2.34. The highest BCUT2D eigenvalue weighted by Crippen LogP contribution is 2.33. The fourth-order valence-electron chi connectivity index (χ4n) is 2.94. The minimum atomic E-state index is -0.507. The van der Waals surface area contributed by atoms with Gasteiger partial charge in [-0.05, 0) is 67.2 Å². The summed E-state index contributed by atoms with van der Waals surface area (Å²) in [5.74, 6) is -0.260. The Morgan fingerprint density at radius 3 is 2.68 bits per heavy atom. The number of nitrogens with zero attached hydrogens (tertiary/aromatic N) is 1. The van der Waals surface area contributed by atoms with Crippen molar-refractivity contribution in [2.75, 3.05) is 5.32 Å². The number of phenolic OH excluding ortho intramolecular Hbond substituents is 1. The monoisotopic (exact) mass is 471 g/mol. The van der Waals surface area contributed by atoms with Gasteiger partial charge in [-0.15, -0.1) is 0 Å². The fourth-order valence-corrected chi connectivity index (χ4v) is 3.53. The van der Waals surface area contributed by atoms with Crippen LogP contribution in [0.4, 0.5) is 5.69 Å². The van der Waals surface area contributed by atoms with Crippen LogP contribution in [-0.2, 0) is 0 Å². The number of fused-ring (bicyclic) bond motifs is 1. The van der Waals surface area contributed by atoms with Crippen molar-refractivity contribution < 1.29 is 14.3 Å². The number of nitrogens with one attached hydrogen (secondary N) is 2. The SMILES string of the molecule is Cc1ccc2nc(-c3ccc(NC(=S)NC(=O)c4cc(Cl)ccc4Cl)cc3O)oc2c1. The molecule has 0 radical (unpaired) electrons. The van der Waals surface area contributed by atoms with Crippen molar-refractivity contribution in [3.8, 4) is 17.2 Å². The van der Waals surface area contributed by atoms with Crippen molar-refractivity contribution in [2.24, 2.45) is 0 Å². The molecule has 156 valence electrons. The van der Waals surface area contributed by atoms with E-state index in [1.807, 2.05) is 25.1 Å². The Balaban J connectivity index is 1.49. The van der Waals surface area contributed by atoms with Gasteiger partial charge in [0.25, 0.3) is 5.91 Å². The Labute approximate surface area is 192 Å². The van der Waals surface area contributed by atoms with Crippen molar-refractivity contribution >= 4 is 63.2 Å². The second kappa shape index (κ2) is 8.55. The molecule has 0 unspecified atom stereocenters. The Morgan fingerprint density at radius 1 is 1.10 bits per heavy atom. The molecular formula is C22H15Cl2N3O3S. The Bertz CT molecular complexity index is 1340. The number of phenols is 1. The maximum absolute atomic E-state index is 12.4. The molecule has 1 amide bonds. The third-order valence-corrected chi connectivity index (χ3v) is 5.20. The van der Waals surface area contributed by atoms with E-state index < -0.39 is 5.91 Å². The number of aryl methyl sites for hydroxylation is 1. The van der Waals surface area contributed by atoms with Gasteiger partial charge in [-0.3, -0.25) is 10.1 Å². The van der Waals surface area contributed by atoms with E-state index in [9.17, 15) is 9.90 Å². The summed E-state index contributed by atoms with van der Waals surface area (Å²) in [4.78, 5) is 16.8. The first-order valence-corrected chi connectivity index (χ1v) is 10.2. The van der Waals surface area contributed by atoms with Crippen LogP contribution < -0.4 is 10.6 Å². The maximum atomic E-state index is 12.4. The molecular weight excluding hydrogens is 457 g/mol. The average Bonchev–Trinajstić information content (AvgIpc) is 3.12. The van der Waals surface area contributed by atoms with Gasteiger partial charge in [0.15, 0.2) is 10.7 Å². The van der Waals surface area contributed by atoms with Crippen LogP contribution in [0.2, 0.25) is 10.0 Å². The first kappa shape index (κ1) is 21.1. The molecule has 1 heterocycles. The molecule has 0 atom stereocenters. The van der Waals surface area contributed by atoms with Crippen LogP contribution in [0.5, 0.6) is 5.75 Å². The van der Waals surface area contributed by atoms with Crippen LogP contribution in [0.1, 0.15) is 15.9 Å². The molecule has 9 heteroatoms. The molecule has 0 bridgehead atoms. The van der Waals surface area contributed by atoms with Gasteiger partial charge >= 0.3 is 0 Å². The van der Waals surface area contributed by atoms with E-state index in [0.29, 0.717) is 33.3 Å². The number of rotatable bonds is 3. The summed E-state index contributed by atoms with van der Waals surface area (Å²) in [6, 6.07) is 15.0. The van der Waals surface area contributed by atoms with E-state index in [4.69, 9.17) is 39.8 Å². The van der Waals surface area contributed by atoms with Crippen LogP contribution in [0, 0.1) is 6.92 Å². The summed E-state index contributed by atoms with van der Waals surface area (Å²) < 4.78 is 5.76. The highest BCUT2D eigenvalue weighted by atomic mass is 35.5. The predicted molar refractivity (Wildman–Crippen MR) is 126 cm³/mol. The molecule has 4 aromatic rings. The van der Waals surface area contributed by atoms with E-state index in [2.05, 4.69) is 15.6 Å². The quantitative estimate of drug-likeness (QED) is 0.320. The number of anilines is 1. The topological polar surface area (TPSA) is 87.4 Å². The van der Waals surface area contributed by atoms with E-state index in [1.165, 1.54) is 18.2 Å². The van der Waals surface area contributed by atoms with Crippen molar-refractivity contribution in [3.05, 3.63) is 75.8 Å².